The number of carbonyl (C=O) groups excluding carboxylic acids is 1. The first-order valence-corrected chi connectivity index (χ1v) is 11.1. The molecule has 0 aromatic heterocycles. The molecule has 1 amide bonds. The molecule has 1 atom stereocenters. The minimum atomic E-state index is -0.0125. The number of hydrogen-bond donors (Lipinski definition) is 0. The standard InChI is InChI=1S/C27H28N2O3/c1-31-24-16-21-12-14-28(18-26(30)29-15-13-19-8-6-7-11-23(19)29)27(20-9-4-3-5-10-20)22(21)17-25(24)32-2/h3-11,16-17,27H,12-15,18H2,1-2H3/t27-/m0/s1. The molecule has 2 heterocycles. The number of methoxy groups -OCH3 is 2. The Kier molecular flexibility index (Phi) is 5.58. The number of amides is 1. The van der Waals surface area contributed by atoms with Crippen LogP contribution in [0.25, 0.3) is 0 Å². The highest BCUT2D eigenvalue weighted by atomic mass is 16.5. The van der Waals surface area contributed by atoms with Crippen LogP contribution in [0, 0.1) is 0 Å². The van der Waals surface area contributed by atoms with Gasteiger partial charge in [0, 0.05) is 18.8 Å². The van der Waals surface area contributed by atoms with Crippen LogP contribution in [0.3, 0.4) is 0 Å². The van der Waals surface area contributed by atoms with Crippen molar-refractivity contribution >= 4 is 11.6 Å². The molecule has 0 spiro atoms. The lowest BCUT2D eigenvalue weighted by Crippen LogP contribution is -2.44. The first-order chi connectivity index (χ1) is 15.7. The molecule has 164 valence electrons. The van der Waals surface area contributed by atoms with Crippen molar-refractivity contribution in [3.05, 3.63) is 89.0 Å². The maximum atomic E-state index is 13.4. The number of nitrogens with zero attached hydrogens (tertiary/aromatic N) is 2. The van der Waals surface area contributed by atoms with Crippen LogP contribution in [0.2, 0.25) is 0 Å². The number of para-hydroxylation sites is 1. The van der Waals surface area contributed by atoms with Crippen molar-refractivity contribution in [1.29, 1.82) is 0 Å². The maximum Gasteiger partial charge on any atom is 0.241 e. The van der Waals surface area contributed by atoms with E-state index in [1.807, 2.05) is 23.1 Å². The Morgan fingerprint density at radius 1 is 0.875 bits per heavy atom. The van der Waals surface area contributed by atoms with Gasteiger partial charge in [-0.1, -0.05) is 48.5 Å². The Hall–Kier alpha value is -3.31. The Balaban J connectivity index is 1.49. The van der Waals surface area contributed by atoms with Crippen LogP contribution in [0.4, 0.5) is 5.69 Å². The average molecular weight is 429 g/mol. The molecule has 0 unspecified atom stereocenters. The number of hydrogen-bond acceptors (Lipinski definition) is 4. The lowest BCUT2D eigenvalue weighted by molar-refractivity contribution is -0.120. The van der Waals surface area contributed by atoms with Gasteiger partial charge in [-0.25, -0.2) is 0 Å². The molecule has 5 heteroatoms. The molecule has 2 aliphatic heterocycles. The normalized spacial score (nSPS) is 17.6. The molecule has 3 aromatic carbocycles. The lowest BCUT2D eigenvalue weighted by atomic mass is 9.87. The van der Waals surface area contributed by atoms with Gasteiger partial charge in [0.15, 0.2) is 11.5 Å². The summed E-state index contributed by atoms with van der Waals surface area (Å²) in [6, 6.07) is 22.8. The van der Waals surface area contributed by atoms with Crippen molar-refractivity contribution in [3.8, 4) is 11.5 Å². The number of ether oxygens (including phenoxy) is 2. The Labute approximate surface area is 189 Å². The fourth-order valence-corrected chi connectivity index (χ4v) is 5.05. The van der Waals surface area contributed by atoms with Crippen molar-refractivity contribution in [2.24, 2.45) is 0 Å². The summed E-state index contributed by atoms with van der Waals surface area (Å²) in [5.74, 6) is 1.62. The van der Waals surface area contributed by atoms with Gasteiger partial charge < -0.3 is 14.4 Å². The van der Waals surface area contributed by atoms with Crippen LogP contribution in [-0.2, 0) is 17.6 Å². The van der Waals surface area contributed by atoms with E-state index in [4.69, 9.17) is 9.47 Å². The van der Waals surface area contributed by atoms with Crippen LogP contribution in [0.1, 0.15) is 28.3 Å². The van der Waals surface area contributed by atoms with Crippen molar-refractivity contribution < 1.29 is 14.3 Å². The molecule has 0 bridgehead atoms. The molecule has 5 rings (SSSR count). The van der Waals surface area contributed by atoms with Crippen LogP contribution in [0.15, 0.2) is 66.7 Å². The molecule has 2 aliphatic rings. The molecular formula is C27H28N2O3. The van der Waals surface area contributed by atoms with E-state index in [1.54, 1.807) is 14.2 Å². The Morgan fingerprint density at radius 3 is 2.34 bits per heavy atom. The highest BCUT2D eigenvalue weighted by Gasteiger charge is 2.33. The minimum Gasteiger partial charge on any atom is -0.493 e. The summed E-state index contributed by atoms with van der Waals surface area (Å²) >= 11 is 0. The minimum absolute atomic E-state index is 0.0125. The van der Waals surface area contributed by atoms with E-state index in [9.17, 15) is 4.79 Å². The molecule has 0 N–H and O–H groups in total. The molecule has 32 heavy (non-hydrogen) atoms. The number of anilines is 1. The fourth-order valence-electron chi connectivity index (χ4n) is 5.05. The van der Waals surface area contributed by atoms with Gasteiger partial charge in [0.2, 0.25) is 5.91 Å². The smallest absolute Gasteiger partial charge is 0.241 e. The largest absolute Gasteiger partial charge is 0.493 e. The quantitative estimate of drug-likeness (QED) is 0.610. The molecule has 3 aromatic rings. The number of benzene rings is 3. The van der Waals surface area contributed by atoms with E-state index < -0.39 is 0 Å². The van der Waals surface area contributed by atoms with Gasteiger partial charge in [-0.2, -0.15) is 0 Å². The van der Waals surface area contributed by atoms with E-state index in [0.29, 0.717) is 12.3 Å². The summed E-state index contributed by atoms with van der Waals surface area (Å²) in [6.45, 7) is 1.94. The van der Waals surface area contributed by atoms with Gasteiger partial charge in [-0.3, -0.25) is 9.69 Å². The lowest BCUT2D eigenvalue weighted by Gasteiger charge is -2.38. The van der Waals surface area contributed by atoms with Crippen molar-refractivity contribution in [2.75, 3.05) is 38.8 Å². The van der Waals surface area contributed by atoms with Crippen LogP contribution in [0.5, 0.6) is 11.5 Å². The molecule has 0 saturated heterocycles. The number of carbonyl (C=O) groups is 1. The SMILES string of the molecule is COc1cc2c(cc1OC)[C@H](c1ccccc1)N(CC(=O)N1CCc3ccccc31)CC2. The molecule has 0 fully saturated rings. The summed E-state index contributed by atoms with van der Waals surface area (Å²) in [4.78, 5) is 17.7. The highest BCUT2D eigenvalue weighted by Crippen LogP contribution is 2.41. The van der Waals surface area contributed by atoms with Gasteiger partial charge in [0.25, 0.3) is 0 Å². The highest BCUT2D eigenvalue weighted by molar-refractivity contribution is 5.96. The first kappa shape index (κ1) is 20.6. The molecule has 0 aliphatic carbocycles. The monoisotopic (exact) mass is 428 g/mol. The van der Waals surface area contributed by atoms with E-state index in [0.717, 1.165) is 37.4 Å². The first-order valence-electron chi connectivity index (χ1n) is 11.1. The molecule has 0 saturated carbocycles. The summed E-state index contributed by atoms with van der Waals surface area (Å²) in [5.41, 5.74) is 5.90. The number of rotatable bonds is 5. The Bertz CT molecular complexity index is 1130. The van der Waals surface area contributed by atoms with E-state index >= 15 is 0 Å². The molecular weight excluding hydrogens is 400 g/mol. The third-order valence-corrected chi connectivity index (χ3v) is 6.62. The number of fused-ring (bicyclic) bond motifs is 2. The zero-order chi connectivity index (χ0) is 22.1. The summed E-state index contributed by atoms with van der Waals surface area (Å²) < 4.78 is 11.1. The van der Waals surface area contributed by atoms with Gasteiger partial charge in [-0.05, 0) is 53.3 Å². The van der Waals surface area contributed by atoms with Crippen LogP contribution >= 0.6 is 0 Å². The summed E-state index contributed by atoms with van der Waals surface area (Å²) in [6.07, 6.45) is 1.78. The second-order valence-corrected chi connectivity index (χ2v) is 8.36. The van der Waals surface area contributed by atoms with E-state index in [1.165, 1.54) is 22.3 Å². The van der Waals surface area contributed by atoms with E-state index in [2.05, 4.69) is 53.4 Å². The van der Waals surface area contributed by atoms with Crippen molar-refractivity contribution in [1.82, 2.24) is 4.90 Å². The zero-order valence-electron chi connectivity index (χ0n) is 18.6. The predicted octanol–water partition coefficient (Wildman–Crippen LogP) is 4.24. The van der Waals surface area contributed by atoms with Crippen molar-refractivity contribution in [2.45, 2.75) is 18.9 Å². The Morgan fingerprint density at radius 2 is 1.56 bits per heavy atom. The van der Waals surface area contributed by atoms with Gasteiger partial charge >= 0.3 is 0 Å². The van der Waals surface area contributed by atoms with Gasteiger partial charge in [0.1, 0.15) is 0 Å². The summed E-state index contributed by atoms with van der Waals surface area (Å²) in [7, 11) is 3.33. The topological polar surface area (TPSA) is 42.0 Å². The third-order valence-electron chi connectivity index (χ3n) is 6.62. The zero-order valence-corrected chi connectivity index (χ0v) is 18.6. The third kappa shape index (κ3) is 3.63. The van der Waals surface area contributed by atoms with Crippen LogP contribution in [-0.4, -0.2) is 44.7 Å². The van der Waals surface area contributed by atoms with Crippen LogP contribution < -0.4 is 14.4 Å². The molecule has 5 nitrogen and oxygen atoms in total. The van der Waals surface area contributed by atoms with E-state index in [-0.39, 0.29) is 11.9 Å². The summed E-state index contributed by atoms with van der Waals surface area (Å²) in [5, 5.41) is 0. The second kappa shape index (κ2) is 8.67. The van der Waals surface area contributed by atoms with Gasteiger partial charge in [0.05, 0.1) is 26.8 Å². The maximum absolute atomic E-state index is 13.4. The molecule has 0 radical (unpaired) electrons. The predicted molar refractivity (Wildman–Crippen MR) is 126 cm³/mol. The second-order valence-electron chi connectivity index (χ2n) is 8.36. The average Bonchev–Trinajstić information content (AvgIpc) is 3.28. The van der Waals surface area contributed by atoms with Gasteiger partial charge in [-0.15, -0.1) is 0 Å². The van der Waals surface area contributed by atoms with Crippen molar-refractivity contribution in [3.63, 3.8) is 0 Å². The fraction of sp³-hybridized carbons (Fsp3) is 0.296.